The SMILES string of the molecule is CC1=NC(c2cccc([N+](=O)[O-])c2)C(C(=O)N2CCN(C)CC2)=C(C)N1. The van der Waals surface area contributed by atoms with Crippen LogP contribution in [0.3, 0.4) is 0 Å². The van der Waals surface area contributed by atoms with Gasteiger partial charge in [0.1, 0.15) is 6.04 Å². The highest BCUT2D eigenvalue weighted by Crippen LogP contribution is 2.33. The number of carbonyl (C=O) groups is 1. The number of likely N-dealkylation sites (N-methyl/N-ethyl adjacent to an activating group) is 1. The van der Waals surface area contributed by atoms with Crippen LogP contribution in [0.15, 0.2) is 40.5 Å². The van der Waals surface area contributed by atoms with Gasteiger partial charge in [0.15, 0.2) is 0 Å². The second-order valence-electron chi connectivity index (χ2n) is 6.73. The highest BCUT2D eigenvalue weighted by atomic mass is 16.6. The van der Waals surface area contributed by atoms with E-state index in [9.17, 15) is 14.9 Å². The Morgan fingerprint density at radius 2 is 1.96 bits per heavy atom. The molecule has 1 aromatic carbocycles. The summed E-state index contributed by atoms with van der Waals surface area (Å²) in [6, 6.07) is 5.82. The Morgan fingerprint density at radius 3 is 2.62 bits per heavy atom. The molecule has 138 valence electrons. The first-order valence-corrected chi connectivity index (χ1v) is 8.61. The number of nitro groups is 1. The summed E-state index contributed by atoms with van der Waals surface area (Å²) in [4.78, 5) is 32.5. The number of nitrogens with one attached hydrogen (secondary N) is 1. The van der Waals surface area contributed by atoms with Crippen molar-refractivity contribution in [3.05, 3.63) is 51.2 Å². The summed E-state index contributed by atoms with van der Waals surface area (Å²) >= 11 is 0. The van der Waals surface area contributed by atoms with E-state index in [1.54, 1.807) is 12.1 Å². The van der Waals surface area contributed by atoms with Gasteiger partial charge in [-0.3, -0.25) is 19.9 Å². The summed E-state index contributed by atoms with van der Waals surface area (Å²) in [6.07, 6.45) is 0. The smallest absolute Gasteiger partial charge is 0.269 e. The number of allylic oxidation sites excluding steroid dienone is 1. The fourth-order valence-corrected chi connectivity index (χ4v) is 3.34. The van der Waals surface area contributed by atoms with Gasteiger partial charge >= 0.3 is 0 Å². The van der Waals surface area contributed by atoms with Crippen molar-refractivity contribution in [3.8, 4) is 0 Å². The first-order valence-electron chi connectivity index (χ1n) is 8.61. The van der Waals surface area contributed by atoms with Gasteiger partial charge in [-0.2, -0.15) is 0 Å². The molecule has 2 aliphatic rings. The molecule has 8 nitrogen and oxygen atoms in total. The third-order valence-corrected chi connectivity index (χ3v) is 4.79. The number of hydrogen-bond donors (Lipinski definition) is 1. The van der Waals surface area contributed by atoms with Crippen LogP contribution in [0.2, 0.25) is 0 Å². The number of nitrogens with zero attached hydrogens (tertiary/aromatic N) is 4. The van der Waals surface area contributed by atoms with Crippen molar-refractivity contribution in [2.75, 3.05) is 33.2 Å². The average molecular weight is 357 g/mol. The molecular formula is C18H23N5O3. The molecule has 0 radical (unpaired) electrons. The van der Waals surface area contributed by atoms with Crippen molar-refractivity contribution in [1.29, 1.82) is 0 Å². The summed E-state index contributed by atoms with van der Waals surface area (Å²) in [5.74, 6) is 0.629. The molecule has 0 aliphatic carbocycles. The normalized spacial score (nSPS) is 21.3. The molecule has 1 unspecified atom stereocenters. The van der Waals surface area contributed by atoms with Crippen molar-refractivity contribution < 1.29 is 9.72 Å². The number of rotatable bonds is 3. The molecule has 0 bridgehead atoms. The largest absolute Gasteiger partial charge is 0.347 e. The fourth-order valence-electron chi connectivity index (χ4n) is 3.34. The minimum absolute atomic E-state index is 0.00191. The number of aliphatic imine (C=N–C) groups is 1. The van der Waals surface area contributed by atoms with Gasteiger partial charge in [0.05, 0.1) is 16.3 Å². The summed E-state index contributed by atoms with van der Waals surface area (Å²) in [5, 5.41) is 14.3. The molecule has 0 spiro atoms. The van der Waals surface area contributed by atoms with Crippen LogP contribution in [0, 0.1) is 10.1 Å². The van der Waals surface area contributed by atoms with Crippen LogP contribution in [0.25, 0.3) is 0 Å². The number of amidine groups is 1. The summed E-state index contributed by atoms with van der Waals surface area (Å²) in [7, 11) is 2.04. The van der Waals surface area contributed by atoms with Gasteiger partial charge in [0.2, 0.25) is 0 Å². The Hall–Kier alpha value is -2.74. The number of benzene rings is 1. The lowest BCUT2D eigenvalue weighted by Crippen LogP contribution is -2.48. The molecule has 26 heavy (non-hydrogen) atoms. The van der Waals surface area contributed by atoms with Crippen molar-refractivity contribution >= 4 is 17.4 Å². The van der Waals surface area contributed by atoms with Gasteiger partial charge in [-0.1, -0.05) is 12.1 Å². The molecule has 1 fully saturated rings. The molecular weight excluding hydrogens is 334 g/mol. The number of hydrogen-bond acceptors (Lipinski definition) is 6. The Labute approximate surface area is 152 Å². The lowest BCUT2D eigenvalue weighted by Gasteiger charge is -2.35. The van der Waals surface area contributed by atoms with E-state index >= 15 is 0 Å². The molecule has 8 heteroatoms. The molecule has 1 saturated heterocycles. The number of nitro benzene ring substituents is 1. The zero-order valence-corrected chi connectivity index (χ0v) is 15.2. The van der Waals surface area contributed by atoms with E-state index < -0.39 is 11.0 Å². The van der Waals surface area contributed by atoms with Gasteiger partial charge in [-0.15, -0.1) is 0 Å². The molecule has 1 N–H and O–H groups in total. The summed E-state index contributed by atoms with van der Waals surface area (Å²) < 4.78 is 0. The Kier molecular flexibility index (Phi) is 5.03. The third-order valence-electron chi connectivity index (χ3n) is 4.79. The Balaban J connectivity index is 1.96. The van der Waals surface area contributed by atoms with Crippen molar-refractivity contribution in [1.82, 2.24) is 15.1 Å². The predicted molar refractivity (Wildman–Crippen MR) is 98.9 cm³/mol. The molecule has 1 atom stereocenters. The van der Waals surface area contributed by atoms with Crippen LogP contribution in [-0.2, 0) is 4.79 Å². The summed E-state index contributed by atoms with van der Waals surface area (Å²) in [6.45, 7) is 6.66. The topological polar surface area (TPSA) is 91.1 Å². The number of non-ortho nitro benzene ring substituents is 1. The van der Waals surface area contributed by atoms with Gasteiger partial charge in [-0.05, 0) is 26.5 Å². The molecule has 2 heterocycles. The second kappa shape index (κ2) is 7.25. The van der Waals surface area contributed by atoms with E-state index in [-0.39, 0.29) is 11.6 Å². The zero-order chi connectivity index (χ0) is 18.8. The maximum atomic E-state index is 13.2. The van der Waals surface area contributed by atoms with E-state index in [1.807, 2.05) is 25.8 Å². The van der Waals surface area contributed by atoms with Crippen LogP contribution in [0.5, 0.6) is 0 Å². The van der Waals surface area contributed by atoms with E-state index in [0.717, 1.165) is 18.8 Å². The van der Waals surface area contributed by atoms with Crippen LogP contribution in [-0.4, -0.2) is 59.7 Å². The Bertz CT molecular complexity index is 794. The van der Waals surface area contributed by atoms with Crippen LogP contribution in [0.1, 0.15) is 25.5 Å². The number of piperazine rings is 1. The average Bonchev–Trinajstić information content (AvgIpc) is 2.61. The maximum absolute atomic E-state index is 13.2. The Morgan fingerprint density at radius 1 is 1.27 bits per heavy atom. The third kappa shape index (κ3) is 3.60. The highest BCUT2D eigenvalue weighted by molar-refractivity contribution is 5.98. The highest BCUT2D eigenvalue weighted by Gasteiger charge is 2.32. The van der Waals surface area contributed by atoms with E-state index in [1.165, 1.54) is 12.1 Å². The lowest BCUT2D eigenvalue weighted by atomic mass is 9.94. The van der Waals surface area contributed by atoms with E-state index in [0.29, 0.717) is 30.1 Å². The molecule has 0 saturated carbocycles. The molecule has 1 aromatic rings. The van der Waals surface area contributed by atoms with Gasteiger partial charge in [0, 0.05) is 44.0 Å². The standard InChI is InChI=1S/C18H23N5O3/c1-12-16(18(24)22-9-7-21(3)8-10-22)17(20-13(2)19-12)14-5-4-6-15(11-14)23(25)26/h4-6,11,17H,7-10H2,1-3H3,(H,19,20). The number of amides is 1. The second-order valence-corrected chi connectivity index (χ2v) is 6.73. The molecule has 2 aliphatic heterocycles. The summed E-state index contributed by atoms with van der Waals surface area (Å²) in [5.41, 5.74) is 1.95. The van der Waals surface area contributed by atoms with Crippen molar-refractivity contribution in [2.24, 2.45) is 4.99 Å². The first kappa shape index (κ1) is 18.1. The van der Waals surface area contributed by atoms with Crippen LogP contribution >= 0.6 is 0 Å². The molecule has 0 aromatic heterocycles. The minimum Gasteiger partial charge on any atom is -0.347 e. The van der Waals surface area contributed by atoms with E-state index in [4.69, 9.17) is 0 Å². The molecule has 1 amide bonds. The quantitative estimate of drug-likeness (QED) is 0.657. The lowest BCUT2D eigenvalue weighted by molar-refractivity contribution is -0.384. The van der Waals surface area contributed by atoms with Crippen molar-refractivity contribution in [2.45, 2.75) is 19.9 Å². The van der Waals surface area contributed by atoms with Crippen molar-refractivity contribution in [3.63, 3.8) is 0 Å². The van der Waals surface area contributed by atoms with Gasteiger partial charge in [0.25, 0.3) is 11.6 Å². The first-order chi connectivity index (χ1) is 12.4. The van der Waals surface area contributed by atoms with Crippen LogP contribution < -0.4 is 5.32 Å². The fraction of sp³-hybridized carbons (Fsp3) is 0.444. The van der Waals surface area contributed by atoms with E-state index in [2.05, 4.69) is 15.2 Å². The number of carbonyl (C=O) groups excluding carboxylic acids is 1. The van der Waals surface area contributed by atoms with Crippen LogP contribution in [0.4, 0.5) is 5.69 Å². The van der Waals surface area contributed by atoms with Gasteiger partial charge < -0.3 is 15.1 Å². The monoisotopic (exact) mass is 357 g/mol. The molecule has 3 rings (SSSR count). The minimum atomic E-state index is -0.539. The van der Waals surface area contributed by atoms with Gasteiger partial charge in [-0.25, -0.2) is 0 Å². The zero-order valence-electron chi connectivity index (χ0n) is 15.2. The maximum Gasteiger partial charge on any atom is 0.269 e. The predicted octanol–water partition coefficient (Wildman–Crippen LogP) is 1.71.